The third-order valence-corrected chi connectivity index (χ3v) is 5.03. The molecule has 0 aromatic heterocycles. The van der Waals surface area contributed by atoms with Gasteiger partial charge in [-0.1, -0.05) is 6.42 Å². The Hall–Kier alpha value is -0.650. The van der Waals surface area contributed by atoms with Crippen molar-refractivity contribution in [3.8, 4) is 0 Å². The second kappa shape index (κ2) is 7.07. The van der Waals surface area contributed by atoms with Gasteiger partial charge in [0.05, 0.1) is 0 Å². The molecule has 2 atom stereocenters. The summed E-state index contributed by atoms with van der Waals surface area (Å²) in [6.07, 6.45) is 6.15. The summed E-state index contributed by atoms with van der Waals surface area (Å²) in [5.41, 5.74) is -0.649. The molecule has 0 heterocycles. The van der Waals surface area contributed by atoms with Crippen LogP contribution in [0.4, 0.5) is 0 Å². The first-order valence-electron chi connectivity index (χ1n) is 8.28. The number of likely N-dealkylation sites (N-methyl/N-ethyl adjacent to an activating group) is 2. The van der Waals surface area contributed by atoms with Gasteiger partial charge in [-0.25, -0.2) is 0 Å². The van der Waals surface area contributed by atoms with Crippen molar-refractivity contribution in [2.24, 2.45) is 5.92 Å². The predicted molar refractivity (Wildman–Crippen MR) is 84.5 cm³/mol. The second-order valence-electron chi connectivity index (χ2n) is 7.18. The van der Waals surface area contributed by atoms with Crippen LogP contribution in [-0.2, 0) is 4.79 Å². The minimum absolute atomic E-state index is 0.275. The van der Waals surface area contributed by atoms with Crippen LogP contribution in [0.5, 0.6) is 0 Å². The van der Waals surface area contributed by atoms with Gasteiger partial charge in [-0.2, -0.15) is 0 Å². The number of hydrogen-bond acceptors (Lipinski definition) is 4. The van der Waals surface area contributed by atoms with Crippen LogP contribution in [0, 0.1) is 5.92 Å². The highest BCUT2D eigenvalue weighted by atomic mass is 16.4. The van der Waals surface area contributed by atoms with Crippen LogP contribution < -0.4 is 5.32 Å². The van der Waals surface area contributed by atoms with Gasteiger partial charge >= 0.3 is 5.97 Å². The number of hydrogen-bond donors (Lipinski definition) is 2. The molecule has 5 nitrogen and oxygen atoms in total. The largest absolute Gasteiger partial charge is 0.480 e. The first-order chi connectivity index (χ1) is 9.94. The average Bonchev–Trinajstić information content (AvgIpc) is 3.13. The fraction of sp³-hybridized carbons (Fsp3) is 0.938. The van der Waals surface area contributed by atoms with Crippen molar-refractivity contribution < 1.29 is 9.90 Å². The van der Waals surface area contributed by atoms with Crippen molar-refractivity contribution in [3.63, 3.8) is 0 Å². The highest BCUT2D eigenvalue weighted by Crippen LogP contribution is 2.40. The summed E-state index contributed by atoms with van der Waals surface area (Å²) >= 11 is 0. The molecule has 2 unspecified atom stereocenters. The third-order valence-electron chi connectivity index (χ3n) is 5.03. The Labute approximate surface area is 128 Å². The molecule has 21 heavy (non-hydrogen) atoms. The molecule has 0 spiro atoms. The van der Waals surface area contributed by atoms with E-state index in [9.17, 15) is 9.90 Å². The quantitative estimate of drug-likeness (QED) is 0.671. The van der Waals surface area contributed by atoms with E-state index in [1.54, 1.807) is 0 Å². The standard InChI is InChI=1S/C16H31N3O2/c1-18(2)11-12-19(3)10-8-13-5-4-9-16(13,15(20)21)17-14-6-7-14/h13-14,17H,4-12H2,1-3H3,(H,20,21). The Bertz CT molecular complexity index is 357. The van der Waals surface area contributed by atoms with Crippen LogP contribution in [0.1, 0.15) is 38.5 Å². The van der Waals surface area contributed by atoms with Crippen LogP contribution in [0.3, 0.4) is 0 Å². The highest BCUT2D eigenvalue weighted by Gasteiger charge is 2.51. The van der Waals surface area contributed by atoms with Gasteiger partial charge < -0.3 is 14.9 Å². The Balaban J connectivity index is 1.86. The zero-order valence-corrected chi connectivity index (χ0v) is 13.8. The molecule has 0 bridgehead atoms. The molecule has 2 N–H and O–H groups in total. The Morgan fingerprint density at radius 3 is 2.48 bits per heavy atom. The summed E-state index contributed by atoms with van der Waals surface area (Å²) in [5.74, 6) is -0.356. The van der Waals surface area contributed by atoms with Crippen LogP contribution >= 0.6 is 0 Å². The number of nitrogens with one attached hydrogen (secondary N) is 1. The van der Waals surface area contributed by atoms with Gasteiger partial charge in [0.15, 0.2) is 0 Å². The molecule has 2 saturated carbocycles. The lowest BCUT2D eigenvalue weighted by atomic mass is 9.84. The van der Waals surface area contributed by atoms with Crippen LogP contribution in [-0.4, -0.2) is 73.2 Å². The number of aliphatic carboxylic acids is 1. The van der Waals surface area contributed by atoms with Gasteiger partial charge in [0.1, 0.15) is 5.54 Å². The lowest BCUT2D eigenvalue weighted by Gasteiger charge is -2.34. The van der Waals surface area contributed by atoms with E-state index in [0.29, 0.717) is 6.04 Å². The Kier molecular flexibility index (Phi) is 5.63. The van der Waals surface area contributed by atoms with Gasteiger partial charge in [-0.3, -0.25) is 10.1 Å². The van der Waals surface area contributed by atoms with Gasteiger partial charge in [-0.15, -0.1) is 0 Å². The lowest BCUT2D eigenvalue weighted by Crippen LogP contribution is -2.56. The van der Waals surface area contributed by atoms with Crippen molar-refractivity contribution in [2.75, 3.05) is 40.8 Å². The lowest BCUT2D eigenvalue weighted by molar-refractivity contribution is -0.147. The van der Waals surface area contributed by atoms with E-state index in [2.05, 4.69) is 36.3 Å². The molecule has 0 aromatic rings. The van der Waals surface area contributed by atoms with E-state index < -0.39 is 11.5 Å². The fourth-order valence-corrected chi connectivity index (χ4v) is 3.45. The molecule has 2 aliphatic carbocycles. The summed E-state index contributed by atoms with van der Waals surface area (Å²) in [5, 5.41) is 13.2. The highest BCUT2D eigenvalue weighted by molar-refractivity contribution is 5.80. The van der Waals surface area contributed by atoms with Crippen molar-refractivity contribution in [1.29, 1.82) is 0 Å². The Morgan fingerprint density at radius 2 is 1.90 bits per heavy atom. The molecule has 0 radical (unpaired) electrons. The van der Waals surface area contributed by atoms with Crippen LogP contribution in [0.2, 0.25) is 0 Å². The maximum absolute atomic E-state index is 11.9. The molecule has 0 aromatic carbocycles. The maximum atomic E-state index is 11.9. The van der Waals surface area contributed by atoms with Gasteiger partial charge in [0, 0.05) is 19.1 Å². The number of carboxylic acids is 1. The van der Waals surface area contributed by atoms with E-state index in [0.717, 1.165) is 58.2 Å². The van der Waals surface area contributed by atoms with Crippen molar-refractivity contribution >= 4 is 5.97 Å². The molecule has 122 valence electrons. The topological polar surface area (TPSA) is 55.8 Å². The van der Waals surface area contributed by atoms with E-state index in [1.165, 1.54) is 0 Å². The van der Waals surface area contributed by atoms with E-state index in [1.807, 2.05) is 0 Å². The predicted octanol–water partition coefficient (Wildman–Crippen LogP) is 1.25. The molecule has 0 aliphatic heterocycles. The normalized spacial score (nSPS) is 29.5. The summed E-state index contributed by atoms with van der Waals surface area (Å²) in [6, 6.07) is 0.452. The molecule has 2 aliphatic rings. The third kappa shape index (κ3) is 4.41. The molecule has 2 rings (SSSR count). The summed E-state index contributed by atoms with van der Waals surface area (Å²) in [6.45, 7) is 3.07. The number of carboxylic acid groups (broad SMARTS) is 1. The van der Waals surface area contributed by atoms with E-state index in [4.69, 9.17) is 0 Å². The second-order valence-corrected chi connectivity index (χ2v) is 7.18. The van der Waals surface area contributed by atoms with Gasteiger partial charge in [0.25, 0.3) is 0 Å². The monoisotopic (exact) mass is 297 g/mol. The molecule has 0 amide bonds. The zero-order chi connectivity index (χ0) is 15.5. The molecule has 2 fully saturated rings. The first-order valence-corrected chi connectivity index (χ1v) is 8.28. The SMILES string of the molecule is CN(C)CCN(C)CCC1CCCC1(NC1CC1)C(=O)O. The smallest absolute Gasteiger partial charge is 0.324 e. The average molecular weight is 297 g/mol. The minimum atomic E-state index is -0.649. The maximum Gasteiger partial charge on any atom is 0.324 e. The number of nitrogens with zero attached hydrogens (tertiary/aromatic N) is 2. The number of carbonyl (C=O) groups is 1. The summed E-state index contributed by atoms with van der Waals surface area (Å²) < 4.78 is 0. The van der Waals surface area contributed by atoms with E-state index in [-0.39, 0.29) is 5.92 Å². The number of rotatable bonds is 9. The van der Waals surface area contributed by atoms with Crippen LogP contribution in [0.15, 0.2) is 0 Å². The zero-order valence-electron chi connectivity index (χ0n) is 13.8. The van der Waals surface area contributed by atoms with Crippen molar-refractivity contribution in [3.05, 3.63) is 0 Å². The molecular formula is C16H31N3O2. The summed E-state index contributed by atoms with van der Waals surface area (Å²) in [4.78, 5) is 16.4. The van der Waals surface area contributed by atoms with E-state index >= 15 is 0 Å². The molecule has 0 saturated heterocycles. The molecular weight excluding hydrogens is 266 g/mol. The van der Waals surface area contributed by atoms with Gasteiger partial charge in [0.2, 0.25) is 0 Å². The van der Waals surface area contributed by atoms with Gasteiger partial charge in [-0.05, 0) is 65.7 Å². The minimum Gasteiger partial charge on any atom is -0.480 e. The Morgan fingerprint density at radius 1 is 1.19 bits per heavy atom. The first kappa shape index (κ1) is 16.7. The van der Waals surface area contributed by atoms with Crippen LogP contribution in [0.25, 0.3) is 0 Å². The summed E-state index contributed by atoms with van der Waals surface area (Å²) in [7, 11) is 6.30. The molecule has 5 heteroatoms. The van der Waals surface area contributed by atoms with Crippen molar-refractivity contribution in [1.82, 2.24) is 15.1 Å². The van der Waals surface area contributed by atoms with Crippen molar-refractivity contribution in [2.45, 2.75) is 50.1 Å². The fourth-order valence-electron chi connectivity index (χ4n) is 3.45.